The fourth-order valence-electron chi connectivity index (χ4n) is 3.92. The first kappa shape index (κ1) is 30.0. The third kappa shape index (κ3) is 11.3. The summed E-state index contributed by atoms with van der Waals surface area (Å²) >= 11 is 0. The van der Waals surface area contributed by atoms with Crippen LogP contribution in [0, 0.1) is 0 Å². The number of ether oxygens (including phenoxy) is 1. The van der Waals surface area contributed by atoms with Crippen LogP contribution < -0.4 is 39.4 Å². The van der Waals surface area contributed by atoms with Gasteiger partial charge in [0.1, 0.15) is 16.4 Å². The van der Waals surface area contributed by atoms with Crippen LogP contribution in [0.3, 0.4) is 0 Å². The number of para-hydroxylation sites is 2. The molecule has 0 aromatic heterocycles. The second-order valence-corrected chi connectivity index (χ2v) is 9.79. The Labute approximate surface area is 222 Å². The van der Waals surface area contributed by atoms with Crippen LogP contribution in [0.5, 0.6) is 17.2 Å². The van der Waals surface area contributed by atoms with Gasteiger partial charge in [-0.25, -0.2) is 0 Å². The van der Waals surface area contributed by atoms with Gasteiger partial charge in [0.05, 0.1) is 0 Å². The van der Waals surface area contributed by atoms with Gasteiger partial charge in [-0.05, 0) is 31.0 Å². The van der Waals surface area contributed by atoms with Gasteiger partial charge in [0.25, 0.3) is 10.1 Å². The van der Waals surface area contributed by atoms with Gasteiger partial charge in [0.15, 0.2) is 0 Å². The van der Waals surface area contributed by atoms with E-state index in [-0.39, 0.29) is 46.0 Å². The van der Waals surface area contributed by atoms with E-state index in [4.69, 9.17) is 4.74 Å². The molecule has 7 heteroatoms. The largest absolute Gasteiger partial charge is 1.00 e. The maximum Gasteiger partial charge on any atom is 1.00 e. The third-order valence-corrected chi connectivity index (χ3v) is 6.66. The van der Waals surface area contributed by atoms with Crippen LogP contribution >= 0.6 is 0 Å². The van der Waals surface area contributed by atoms with Crippen molar-refractivity contribution >= 4 is 10.1 Å². The van der Waals surface area contributed by atoms with E-state index in [1.54, 1.807) is 24.3 Å². The van der Waals surface area contributed by atoms with Crippen molar-refractivity contribution in [1.82, 2.24) is 0 Å². The summed E-state index contributed by atoms with van der Waals surface area (Å²) in [5.41, 5.74) is 0.422. The smallest absolute Gasteiger partial charge is 0.870 e. The number of benzene rings is 2. The van der Waals surface area contributed by atoms with E-state index >= 15 is 0 Å². The van der Waals surface area contributed by atoms with E-state index in [1.165, 1.54) is 76.0 Å². The summed E-state index contributed by atoms with van der Waals surface area (Å²) in [7, 11) is -4.38. The second-order valence-electron chi connectivity index (χ2n) is 8.40. The van der Waals surface area contributed by atoms with Crippen molar-refractivity contribution in [2.24, 2.45) is 0 Å². The Hall–Kier alpha value is -1.05. The average Bonchev–Trinajstić information content (AvgIpc) is 2.76. The summed E-state index contributed by atoms with van der Waals surface area (Å²) in [5, 5.41) is 12.0. The maximum absolute atomic E-state index is 12.0. The first-order chi connectivity index (χ1) is 15.4. The molecule has 5 nitrogen and oxygen atoms in total. The first-order valence-electron chi connectivity index (χ1n) is 12.0. The van der Waals surface area contributed by atoms with Gasteiger partial charge < -0.3 is 9.84 Å². The van der Waals surface area contributed by atoms with Crippen LogP contribution in [0.15, 0.2) is 47.4 Å². The van der Waals surface area contributed by atoms with Crippen LogP contribution in [-0.4, -0.2) is 13.0 Å². The topological polar surface area (TPSA) is 86.7 Å². The minimum Gasteiger partial charge on any atom is -0.870 e. The Balaban J connectivity index is 0.00000544. The minimum atomic E-state index is -4.38. The zero-order valence-electron chi connectivity index (χ0n) is 20.2. The van der Waals surface area contributed by atoms with Gasteiger partial charge in [-0.15, -0.1) is 0 Å². The molecule has 0 fully saturated rings. The normalized spacial score (nSPS) is 11.2. The number of hydrogen-bond donors (Lipinski definition) is 1. The van der Waals surface area contributed by atoms with Crippen LogP contribution in [0.1, 0.15) is 89.5 Å². The van der Waals surface area contributed by atoms with Crippen LogP contribution in [0.4, 0.5) is 0 Å². The molecule has 0 radical (unpaired) electrons. The van der Waals surface area contributed by atoms with E-state index < -0.39 is 10.1 Å². The second kappa shape index (κ2) is 16.6. The molecular weight excluding hydrogens is 447 g/mol. The molecule has 0 atom stereocenters. The summed E-state index contributed by atoms with van der Waals surface area (Å²) in [6.07, 6.45) is 15.0. The van der Waals surface area contributed by atoms with Crippen LogP contribution in [-0.2, 0) is 16.5 Å². The first-order valence-corrected chi connectivity index (χ1v) is 13.4. The standard InChI is InChI=1S/C26H38O5S.Na/c1-2-3-4-5-6-7-8-9-10-11-12-13-17-22-24(20-16-21-26(22)32(28,29)30)31-25-19-15-14-18-23(25)27;/h14-16,18-21,27H,2-13,17H2,1H3,(H,28,29,30);/q;+1/p-1. The Morgan fingerprint density at radius 3 is 1.82 bits per heavy atom. The molecule has 0 aliphatic heterocycles. The van der Waals surface area contributed by atoms with Gasteiger partial charge in [0, 0.05) is 5.56 Å². The van der Waals surface area contributed by atoms with Gasteiger partial charge in [-0.2, -0.15) is 8.42 Å². The molecule has 2 rings (SSSR count). The van der Waals surface area contributed by atoms with Crippen molar-refractivity contribution in [2.75, 3.05) is 0 Å². The van der Waals surface area contributed by atoms with E-state index in [0.29, 0.717) is 17.7 Å². The molecule has 0 spiro atoms. The van der Waals surface area contributed by atoms with Crippen LogP contribution in [0.2, 0.25) is 0 Å². The molecule has 0 amide bonds. The molecule has 33 heavy (non-hydrogen) atoms. The predicted octanol–water partition coefficient (Wildman–Crippen LogP) is 4.05. The van der Waals surface area contributed by atoms with Crippen molar-refractivity contribution in [3.8, 4) is 17.2 Å². The van der Waals surface area contributed by atoms with Gasteiger partial charge >= 0.3 is 29.6 Å². The molecule has 0 saturated carbocycles. The van der Waals surface area contributed by atoms with E-state index in [1.807, 2.05) is 0 Å². The molecule has 0 unspecified atom stereocenters. The van der Waals surface area contributed by atoms with Gasteiger partial charge in [-0.3, -0.25) is 4.55 Å². The van der Waals surface area contributed by atoms with E-state index in [0.717, 1.165) is 19.3 Å². The SMILES string of the molecule is CCCCCCCCCCCCCCc1c(Oc2ccccc2[O-])cccc1S(=O)(=O)O.[Na+]. The average molecular weight is 485 g/mol. The van der Waals surface area contributed by atoms with Crippen molar-refractivity contribution in [2.45, 2.75) is 95.3 Å². The fraction of sp³-hybridized carbons (Fsp3) is 0.538. The number of rotatable bonds is 16. The molecule has 2 aromatic rings. The molecule has 0 heterocycles. The Morgan fingerprint density at radius 2 is 1.27 bits per heavy atom. The summed E-state index contributed by atoms with van der Waals surface area (Å²) in [4.78, 5) is -0.151. The number of unbranched alkanes of at least 4 members (excludes halogenated alkanes) is 11. The summed E-state index contributed by atoms with van der Waals surface area (Å²) in [6.45, 7) is 2.24. The van der Waals surface area contributed by atoms with E-state index in [9.17, 15) is 18.1 Å². The zero-order valence-corrected chi connectivity index (χ0v) is 23.0. The molecule has 0 aliphatic carbocycles. The maximum atomic E-state index is 12.0. The monoisotopic (exact) mass is 484 g/mol. The Morgan fingerprint density at radius 1 is 0.758 bits per heavy atom. The van der Waals surface area contributed by atoms with E-state index in [2.05, 4.69) is 6.92 Å². The number of hydrogen-bond acceptors (Lipinski definition) is 4. The minimum absolute atomic E-state index is 0. The third-order valence-electron chi connectivity index (χ3n) is 5.72. The quantitative estimate of drug-likeness (QED) is 0.221. The van der Waals surface area contributed by atoms with Crippen LogP contribution in [0.25, 0.3) is 0 Å². The fourth-order valence-corrected chi connectivity index (χ4v) is 4.69. The summed E-state index contributed by atoms with van der Waals surface area (Å²) < 4.78 is 39.2. The van der Waals surface area contributed by atoms with Crippen molar-refractivity contribution in [1.29, 1.82) is 0 Å². The van der Waals surface area contributed by atoms with Gasteiger partial charge in [-0.1, -0.05) is 108 Å². The molecule has 178 valence electrons. The zero-order chi connectivity index (χ0) is 23.2. The van der Waals surface area contributed by atoms with Crippen molar-refractivity contribution in [3.63, 3.8) is 0 Å². The van der Waals surface area contributed by atoms with Gasteiger partial charge in [0.2, 0.25) is 0 Å². The predicted molar refractivity (Wildman–Crippen MR) is 127 cm³/mol. The molecule has 0 saturated heterocycles. The Bertz CT molecular complexity index is 915. The van der Waals surface area contributed by atoms with Crippen molar-refractivity contribution in [3.05, 3.63) is 48.0 Å². The molecule has 0 bridgehead atoms. The summed E-state index contributed by atoms with van der Waals surface area (Å²) in [5.74, 6) is 0.156. The molecule has 2 aromatic carbocycles. The molecule has 1 N–H and O–H groups in total. The summed E-state index contributed by atoms with van der Waals surface area (Å²) in [6, 6.07) is 10.8. The molecule has 0 aliphatic rings. The van der Waals surface area contributed by atoms with Crippen molar-refractivity contribution < 1.29 is 52.4 Å². The Kier molecular flexibility index (Phi) is 15.0. The molecular formula is C26H37NaO5S.